The van der Waals surface area contributed by atoms with E-state index < -0.39 is 5.82 Å². The fourth-order valence-electron chi connectivity index (χ4n) is 2.77. The monoisotopic (exact) mass is 456 g/mol. The van der Waals surface area contributed by atoms with Crippen molar-refractivity contribution in [3.8, 4) is 22.9 Å². The molecule has 10 heteroatoms. The molecule has 0 atom stereocenters. The van der Waals surface area contributed by atoms with E-state index in [1.807, 2.05) is 0 Å². The predicted molar refractivity (Wildman–Crippen MR) is 120 cm³/mol. The first kappa shape index (κ1) is 24.0. The van der Waals surface area contributed by atoms with Crippen LogP contribution in [0, 0.1) is 17.6 Å². The number of nitrogens with zero attached hydrogens (tertiary/aromatic N) is 5. The van der Waals surface area contributed by atoms with Crippen molar-refractivity contribution in [2.45, 2.75) is 27.3 Å². The molecule has 4 aromatic rings. The number of aliphatic hydroxyl groups is 1. The molecule has 0 unspecified atom stereocenters. The molecule has 33 heavy (non-hydrogen) atoms. The first-order valence-corrected chi connectivity index (χ1v) is 10.5. The molecular formula is C23H26F2N6O2. The summed E-state index contributed by atoms with van der Waals surface area (Å²) in [5.74, 6) is -0.0477. The van der Waals surface area contributed by atoms with Crippen molar-refractivity contribution in [1.82, 2.24) is 24.9 Å². The van der Waals surface area contributed by atoms with Crippen LogP contribution in [0.25, 0.3) is 22.9 Å². The minimum absolute atomic E-state index is 0.0457. The van der Waals surface area contributed by atoms with Gasteiger partial charge in [0.2, 0.25) is 0 Å². The lowest BCUT2D eigenvalue weighted by molar-refractivity contribution is 0.310. The fourth-order valence-corrected chi connectivity index (χ4v) is 2.77. The predicted octanol–water partition coefficient (Wildman–Crippen LogP) is 4.39. The summed E-state index contributed by atoms with van der Waals surface area (Å²) in [4.78, 5) is 8.13. The molecule has 174 valence electrons. The number of hydrogen-bond acceptors (Lipinski definition) is 7. The van der Waals surface area contributed by atoms with Crippen LogP contribution < -0.4 is 5.32 Å². The van der Waals surface area contributed by atoms with Crippen LogP contribution in [0.1, 0.15) is 26.3 Å². The van der Waals surface area contributed by atoms with E-state index in [-0.39, 0.29) is 37.2 Å². The van der Waals surface area contributed by atoms with Crippen molar-refractivity contribution in [3.05, 3.63) is 66.1 Å². The highest BCUT2D eigenvalue weighted by Crippen LogP contribution is 2.25. The van der Waals surface area contributed by atoms with Crippen molar-refractivity contribution in [1.29, 1.82) is 0 Å². The van der Waals surface area contributed by atoms with Crippen LogP contribution in [-0.4, -0.2) is 43.2 Å². The topological polar surface area (TPSA) is 102 Å². The van der Waals surface area contributed by atoms with E-state index in [0.29, 0.717) is 22.6 Å². The zero-order chi connectivity index (χ0) is 23.8. The van der Waals surface area contributed by atoms with Gasteiger partial charge in [-0.05, 0) is 18.1 Å². The quantitative estimate of drug-likeness (QED) is 0.425. The highest BCUT2D eigenvalue weighted by Gasteiger charge is 2.18. The number of halogens is 2. The molecule has 0 bridgehead atoms. The highest BCUT2D eigenvalue weighted by atomic mass is 19.1. The summed E-state index contributed by atoms with van der Waals surface area (Å²) in [6.07, 6.45) is 2.44. The maximum atomic E-state index is 14.1. The second-order valence-corrected chi connectivity index (χ2v) is 7.82. The summed E-state index contributed by atoms with van der Waals surface area (Å²) in [5.41, 5.74) is 1.86. The number of rotatable bonds is 7. The van der Waals surface area contributed by atoms with Gasteiger partial charge in [0, 0.05) is 18.2 Å². The molecule has 0 radical (unpaired) electrons. The number of aromatic nitrogens is 5. The van der Waals surface area contributed by atoms with E-state index >= 15 is 0 Å². The number of benzene rings is 1. The summed E-state index contributed by atoms with van der Waals surface area (Å²) in [6.45, 7) is 6.61. The molecule has 0 aliphatic heterocycles. The van der Waals surface area contributed by atoms with Gasteiger partial charge in [-0.15, -0.1) is 0 Å². The first-order chi connectivity index (χ1) is 15.9. The van der Waals surface area contributed by atoms with E-state index in [1.54, 1.807) is 35.0 Å². The van der Waals surface area contributed by atoms with Crippen LogP contribution in [-0.2, 0) is 6.54 Å². The molecule has 3 heterocycles. The van der Waals surface area contributed by atoms with Gasteiger partial charge < -0.3 is 14.9 Å². The Kier molecular flexibility index (Phi) is 8.20. The zero-order valence-electron chi connectivity index (χ0n) is 18.7. The lowest BCUT2D eigenvalue weighted by Crippen LogP contribution is -2.10. The van der Waals surface area contributed by atoms with Crippen LogP contribution in [0.3, 0.4) is 0 Å². The minimum Gasteiger partial charge on any atom is -0.395 e. The molecular weight excluding hydrogens is 430 g/mol. The van der Waals surface area contributed by atoms with Gasteiger partial charge in [-0.1, -0.05) is 44.1 Å². The minimum atomic E-state index is -0.648. The molecule has 4 rings (SSSR count). The van der Waals surface area contributed by atoms with Crippen LogP contribution in [0.4, 0.5) is 14.6 Å². The van der Waals surface area contributed by atoms with Crippen LogP contribution >= 0.6 is 0 Å². The van der Waals surface area contributed by atoms with E-state index in [2.05, 4.69) is 46.3 Å². The van der Waals surface area contributed by atoms with E-state index in [4.69, 9.17) is 9.63 Å². The molecule has 0 amide bonds. The van der Waals surface area contributed by atoms with Crippen LogP contribution in [0.15, 0.2) is 53.4 Å². The maximum absolute atomic E-state index is 14.1. The number of nitrogens with one attached hydrogen (secondary N) is 1. The third-order valence-corrected chi connectivity index (χ3v) is 4.14. The Hall–Kier alpha value is -3.66. The lowest BCUT2D eigenvalue weighted by Gasteiger charge is -2.07. The second-order valence-electron chi connectivity index (χ2n) is 7.82. The normalized spacial score (nSPS) is 10.8. The Bertz CT molecular complexity index is 1160. The van der Waals surface area contributed by atoms with Gasteiger partial charge in [-0.25, -0.2) is 18.7 Å². The molecule has 0 saturated carbocycles. The molecule has 0 aliphatic rings. The van der Waals surface area contributed by atoms with Crippen molar-refractivity contribution in [2.75, 3.05) is 18.5 Å². The molecule has 2 N–H and O–H groups in total. The van der Waals surface area contributed by atoms with Crippen LogP contribution in [0.5, 0.6) is 0 Å². The van der Waals surface area contributed by atoms with Gasteiger partial charge in [-0.2, -0.15) is 5.10 Å². The van der Waals surface area contributed by atoms with E-state index in [0.717, 1.165) is 12.1 Å². The first-order valence-electron chi connectivity index (χ1n) is 10.5. The average molecular weight is 456 g/mol. The second kappa shape index (κ2) is 11.3. The highest BCUT2D eigenvalue weighted by molar-refractivity contribution is 5.63. The maximum Gasteiger partial charge on any atom is 0.183 e. The Morgan fingerprint density at radius 2 is 1.85 bits per heavy atom. The average Bonchev–Trinajstić information content (AvgIpc) is 3.44. The van der Waals surface area contributed by atoms with Gasteiger partial charge in [0.15, 0.2) is 17.5 Å². The Morgan fingerprint density at radius 1 is 1.09 bits per heavy atom. The molecule has 8 nitrogen and oxygen atoms in total. The van der Waals surface area contributed by atoms with Gasteiger partial charge in [-0.3, -0.25) is 4.68 Å². The summed E-state index contributed by atoms with van der Waals surface area (Å²) >= 11 is 0. The van der Waals surface area contributed by atoms with Crippen molar-refractivity contribution in [3.63, 3.8) is 0 Å². The molecule has 0 fully saturated rings. The lowest BCUT2D eigenvalue weighted by atomic mass is 10.2. The van der Waals surface area contributed by atoms with Gasteiger partial charge >= 0.3 is 0 Å². The van der Waals surface area contributed by atoms with Crippen LogP contribution in [0.2, 0.25) is 0 Å². The summed E-state index contributed by atoms with van der Waals surface area (Å²) < 4.78 is 34.5. The molecule has 0 aliphatic carbocycles. The third kappa shape index (κ3) is 6.42. The number of anilines is 1. The summed E-state index contributed by atoms with van der Waals surface area (Å²) in [5, 5.41) is 20.0. The van der Waals surface area contributed by atoms with E-state index in [1.165, 1.54) is 12.3 Å². The SMILES string of the molecule is CC(C)C.OCCNc1nc(-c2cc(-c3ccon3)n(Cc3ccccc3F)n2)ncc1F. The standard InChI is InChI=1S/C19H16F2N6O2.C4H10/c20-13-4-2-1-3-12(13)11-27-17(15-5-8-29-26-15)9-16(25-27)19-23-10-14(21)18(24-19)22-6-7-28;1-4(2)3/h1-5,8-10,28H,6-7,11H2,(H,22,23,24);4H,1-3H3. The third-order valence-electron chi connectivity index (χ3n) is 4.14. The molecule has 0 spiro atoms. The summed E-state index contributed by atoms with van der Waals surface area (Å²) in [6, 6.07) is 9.70. The Morgan fingerprint density at radius 3 is 2.52 bits per heavy atom. The smallest absolute Gasteiger partial charge is 0.183 e. The van der Waals surface area contributed by atoms with Gasteiger partial charge in [0.1, 0.15) is 23.5 Å². The Balaban J connectivity index is 0.000000709. The summed E-state index contributed by atoms with van der Waals surface area (Å²) in [7, 11) is 0. The number of hydrogen-bond donors (Lipinski definition) is 2. The van der Waals surface area contributed by atoms with Gasteiger partial charge in [0.05, 0.1) is 25.0 Å². The van der Waals surface area contributed by atoms with E-state index in [9.17, 15) is 8.78 Å². The fraction of sp³-hybridized carbons (Fsp3) is 0.304. The molecule has 1 aromatic carbocycles. The van der Waals surface area contributed by atoms with Crippen molar-refractivity contribution >= 4 is 5.82 Å². The Labute approximate surface area is 190 Å². The largest absolute Gasteiger partial charge is 0.395 e. The molecule has 3 aromatic heterocycles. The number of aliphatic hydroxyl groups excluding tert-OH is 1. The molecule has 0 saturated heterocycles. The van der Waals surface area contributed by atoms with Crippen molar-refractivity contribution in [2.24, 2.45) is 5.92 Å². The zero-order valence-corrected chi connectivity index (χ0v) is 18.7. The van der Waals surface area contributed by atoms with Crippen molar-refractivity contribution < 1.29 is 18.4 Å². The van der Waals surface area contributed by atoms with Gasteiger partial charge in [0.25, 0.3) is 0 Å².